The minimum Gasteiger partial charge on any atom is -0.381 e. The van der Waals surface area contributed by atoms with E-state index in [2.05, 4.69) is 41.5 Å². The minimum absolute atomic E-state index is 0.348. The van der Waals surface area contributed by atoms with Crippen LogP contribution in [0.15, 0.2) is 0 Å². The fourth-order valence-electron chi connectivity index (χ4n) is 2.17. The first-order chi connectivity index (χ1) is 7.87. The zero-order valence-electron chi connectivity index (χ0n) is 13.0. The summed E-state index contributed by atoms with van der Waals surface area (Å²) in [5.41, 5.74) is 0.348. The van der Waals surface area contributed by atoms with Gasteiger partial charge in [0.2, 0.25) is 0 Å². The van der Waals surface area contributed by atoms with E-state index < -0.39 is 0 Å². The van der Waals surface area contributed by atoms with E-state index in [0.717, 1.165) is 19.1 Å². The third-order valence-electron chi connectivity index (χ3n) is 3.31. The molecule has 1 unspecified atom stereocenters. The van der Waals surface area contributed by atoms with Gasteiger partial charge < -0.3 is 4.74 Å². The molecular weight excluding hydrogens is 208 g/mol. The number of hydrogen-bond donors (Lipinski definition) is 0. The van der Waals surface area contributed by atoms with E-state index in [9.17, 15) is 0 Å². The highest BCUT2D eigenvalue weighted by molar-refractivity contribution is 4.68. The van der Waals surface area contributed by atoms with Crippen LogP contribution in [0.1, 0.15) is 73.6 Å². The van der Waals surface area contributed by atoms with Gasteiger partial charge in [-0.2, -0.15) is 0 Å². The average Bonchev–Trinajstić information content (AvgIpc) is 2.16. The van der Waals surface area contributed by atoms with Gasteiger partial charge in [-0.3, -0.25) is 0 Å². The predicted octanol–water partition coefficient (Wildman–Crippen LogP) is 5.29. The highest BCUT2D eigenvalue weighted by Crippen LogP contribution is 2.25. The summed E-state index contributed by atoms with van der Waals surface area (Å²) >= 11 is 0. The van der Waals surface area contributed by atoms with Crippen molar-refractivity contribution < 1.29 is 4.74 Å². The first-order valence-electron chi connectivity index (χ1n) is 7.45. The quantitative estimate of drug-likeness (QED) is 0.505. The Labute approximate surface area is 109 Å². The Morgan fingerprint density at radius 2 is 1.71 bits per heavy atom. The highest BCUT2D eigenvalue weighted by atomic mass is 16.5. The molecule has 104 valence electrons. The highest BCUT2D eigenvalue weighted by Gasteiger charge is 2.18. The van der Waals surface area contributed by atoms with Gasteiger partial charge in [0.15, 0.2) is 0 Å². The molecule has 0 aromatic carbocycles. The van der Waals surface area contributed by atoms with Crippen LogP contribution < -0.4 is 0 Å². The second kappa shape index (κ2) is 8.97. The summed E-state index contributed by atoms with van der Waals surface area (Å²) in [6.07, 6.45) is 6.51. The molecule has 0 spiro atoms. The van der Waals surface area contributed by atoms with E-state index in [4.69, 9.17) is 4.74 Å². The van der Waals surface area contributed by atoms with Gasteiger partial charge in [-0.25, -0.2) is 0 Å². The van der Waals surface area contributed by atoms with Gasteiger partial charge in [-0.05, 0) is 30.1 Å². The van der Waals surface area contributed by atoms with Crippen LogP contribution in [0.5, 0.6) is 0 Å². The van der Waals surface area contributed by atoms with E-state index in [0.29, 0.717) is 11.3 Å². The van der Waals surface area contributed by atoms with Gasteiger partial charge in [-0.1, -0.05) is 60.8 Å². The molecule has 0 saturated carbocycles. The predicted molar refractivity (Wildman–Crippen MR) is 77.4 cm³/mol. The van der Waals surface area contributed by atoms with Crippen LogP contribution in [-0.2, 0) is 4.74 Å². The van der Waals surface area contributed by atoms with Crippen molar-refractivity contribution in [2.45, 2.75) is 73.6 Å². The van der Waals surface area contributed by atoms with Crippen LogP contribution >= 0.6 is 0 Å². The van der Waals surface area contributed by atoms with Crippen molar-refractivity contribution in [1.29, 1.82) is 0 Å². The van der Waals surface area contributed by atoms with Crippen LogP contribution in [0.25, 0.3) is 0 Å². The van der Waals surface area contributed by atoms with Gasteiger partial charge in [0.25, 0.3) is 0 Å². The van der Waals surface area contributed by atoms with Crippen LogP contribution in [0.4, 0.5) is 0 Å². The standard InChI is InChI=1S/C16H34O/c1-7-9-15(4)12-17-13-16(5,6)11-8-10-14(2)3/h14-15H,7-13H2,1-6H3. The second-order valence-corrected chi connectivity index (χ2v) is 6.86. The Kier molecular flexibility index (Phi) is 8.94. The molecule has 0 aliphatic carbocycles. The van der Waals surface area contributed by atoms with E-state index in [1.807, 2.05) is 0 Å². The molecule has 0 aromatic rings. The monoisotopic (exact) mass is 242 g/mol. The van der Waals surface area contributed by atoms with E-state index in [1.165, 1.54) is 32.1 Å². The summed E-state index contributed by atoms with van der Waals surface area (Å²) in [5.74, 6) is 1.54. The zero-order valence-corrected chi connectivity index (χ0v) is 13.0. The Morgan fingerprint density at radius 3 is 2.24 bits per heavy atom. The third kappa shape index (κ3) is 10.8. The van der Waals surface area contributed by atoms with Crippen LogP contribution in [0.3, 0.4) is 0 Å². The molecule has 0 aromatic heterocycles. The van der Waals surface area contributed by atoms with Crippen LogP contribution in [-0.4, -0.2) is 13.2 Å². The zero-order chi connectivity index (χ0) is 13.3. The SMILES string of the molecule is CCCC(C)COCC(C)(C)CCCC(C)C. The Morgan fingerprint density at radius 1 is 1.06 bits per heavy atom. The summed E-state index contributed by atoms with van der Waals surface area (Å²) in [7, 11) is 0. The molecule has 0 aliphatic heterocycles. The lowest BCUT2D eigenvalue weighted by Gasteiger charge is -2.25. The maximum Gasteiger partial charge on any atom is 0.0517 e. The molecular formula is C16H34O. The van der Waals surface area contributed by atoms with E-state index in [1.54, 1.807) is 0 Å². The minimum atomic E-state index is 0.348. The largest absolute Gasteiger partial charge is 0.381 e. The smallest absolute Gasteiger partial charge is 0.0517 e. The van der Waals surface area contributed by atoms with Gasteiger partial charge >= 0.3 is 0 Å². The van der Waals surface area contributed by atoms with E-state index >= 15 is 0 Å². The molecule has 0 amide bonds. The molecule has 0 radical (unpaired) electrons. The molecule has 17 heavy (non-hydrogen) atoms. The fourth-order valence-corrected chi connectivity index (χ4v) is 2.17. The van der Waals surface area contributed by atoms with Gasteiger partial charge in [-0.15, -0.1) is 0 Å². The van der Waals surface area contributed by atoms with Crippen molar-refractivity contribution in [3.63, 3.8) is 0 Å². The second-order valence-electron chi connectivity index (χ2n) is 6.86. The van der Waals surface area contributed by atoms with Gasteiger partial charge in [0.05, 0.1) is 6.61 Å². The Bertz CT molecular complexity index is 172. The van der Waals surface area contributed by atoms with Crippen molar-refractivity contribution in [1.82, 2.24) is 0 Å². The average molecular weight is 242 g/mol. The van der Waals surface area contributed by atoms with Crippen LogP contribution in [0, 0.1) is 17.3 Å². The van der Waals surface area contributed by atoms with Crippen molar-refractivity contribution in [3.8, 4) is 0 Å². The summed E-state index contributed by atoms with van der Waals surface area (Å²) in [6, 6.07) is 0. The molecule has 1 heteroatoms. The maximum atomic E-state index is 5.87. The molecule has 0 heterocycles. The molecule has 0 bridgehead atoms. The van der Waals surface area contributed by atoms with Gasteiger partial charge in [0, 0.05) is 6.61 Å². The summed E-state index contributed by atoms with van der Waals surface area (Å²) in [5, 5.41) is 0. The maximum absolute atomic E-state index is 5.87. The molecule has 0 saturated heterocycles. The van der Waals surface area contributed by atoms with E-state index in [-0.39, 0.29) is 0 Å². The third-order valence-corrected chi connectivity index (χ3v) is 3.31. The summed E-state index contributed by atoms with van der Waals surface area (Å²) in [6.45, 7) is 15.6. The summed E-state index contributed by atoms with van der Waals surface area (Å²) < 4.78 is 5.87. The molecule has 0 N–H and O–H groups in total. The first kappa shape index (κ1) is 17.0. The number of ether oxygens (including phenoxy) is 1. The number of hydrogen-bond acceptors (Lipinski definition) is 1. The molecule has 0 aliphatic rings. The lowest BCUT2D eigenvalue weighted by Crippen LogP contribution is -2.21. The van der Waals surface area contributed by atoms with Crippen molar-refractivity contribution in [2.75, 3.05) is 13.2 Å². The first-order valence-corrected chi connectivity index (χ1v) is 7.45. The Balaban J connectivity index is 3.62. The molecule has 0 fully saturated rings. The Hall–Kier alpha value is -0.0400. The molecule has 1 atom stereocenters. The van der Waals surface area contributed by atoms with Crippen molar-refractivity contribution >= 4 is 0 Å². The fraction of sp³-hybridized carbons (Fsp3) is 1.00. The number of rotatable bonds is 10. The van der Waals surface area contributed by atoms with Crippen LogP contribution in [0.2, 0.25) is 0 Å². The van der Waals surface area contributed by atoms with Crippen molar-refractivity contribution in [2.24, 2.45) is 17.3 Å². The van der Waals surface area contributed by atoms with Crippen molar-refractivity contribution in [3.05, 3.63) is 0 Å². The summed E-state index contributed by atoms with van der Waals surface area (Å²) in [4.78, 5) is 0. The lowest BCUT2D eigenvalue weighted by atomic mass is 9.87. The lowest BCUT2D eigenvalue weighted by molar-refractivity contribution is 0.0367. The molecule has 1 nitrogen and oxygen atoms in total. The van der Waals surface area contributed by atoms with Gasteiger partial charge in [0.1, 0.15) is 0 Å². The topological polar surface area (TPSA) is 9.23 Å². The molecule has 0 rings (SSSR count). The normalized spacial score (nSPS) is 14.3.